The van der Waals surface area contributed by atoms with E-state index in [2.05, 4.69) is 85.1 Å². The van der Waals surface area contributed by atoms with Crippen LogP contribution in [0.15, 0.2) is 60.7 Å². The van der Waals surface area contributed by atoms with E-state index in [9.17, 15) is 0 Å². The zero-order valence-corrected chi connectivity index (χ0v) is 12.3. The first kappa shape index (κ1) is 14.8. The van der Waals surface area contributed by atoms with Crippen LogP contribution in [0.1, 0.15) is 37.1 Å². The summed E-state index contributed by atoms with van der Waals surface area (Å²) in [4.78, 5) is 0. The van der Waals surface area contributed by atoms with Gasteiger partial charge in [-0.05, 0) is 25.0 Å². The lowest BCUT2D eigenvalue weighted by Gasteiger charge is -2.17. The van der Waals surface area contributed by atoms with E-state index in [4.69, 9.17) is 0 Å². The summed E-state index contributed by atoms with van der Waals surface area (Å²) in [5.74, 6) is 0. The molecule has 20 heavy (non-hydrogen) atoms. The molecule has 2 N–H and O–H groups in total. The minimum Gasteiger partial charge on any atom is -0.309 e. The van der Waals surface area contributed by atoms with E-state index in [1.54, 1.807) is 0 Å². The second-order valence-electron chi connectivity index (χ2n) is 5.17. The molecule has 2 atom stereocenters. The number of nitrogens with one attached hydrogen (secondary N) is 2. The molecular formula is C18H24N2. The maximum absolute atomic E-state index is 3.54. The van der Waals surface area contributed by atoms with Crippen LogP contribution in [0.4, 0.5) is 0 Å². The van der Waals surface area contributed by atoms with Crippen molar-refractivity contribution >= 4 is 0 Å². The maximum Gasteiger partial charge on any atom is 0.0292 e. The third-order valence-corrected chi connectivity index (χ3v) is 3.63. The molecule has 2 aromatic rings. The van der Waals surface area contributed by atoms with Gasteiger partial charge in [-0.25, -0.2) is 0 Å². The van der Waals surface area contributed by atoms with Gasteiger partial charge in [0.1, 0.15) is 0 Å². The summed E-state index contributed by atoms with van der Waals surface area (Å²) in [6.07, 6.45) is 0. The number of hydrogen-bond donors (Lipinski definition) is 2. The summed E-state index contributed by atoms with van der Waals surface area (Å²) in [5, 5.41) is 7.09. The van der Waals surface area contributed by atoms with Crippen molar-refractivity contribution in [3.05, 3.63) is 71.8 Å². The van der Waals surface area contributed by atoms with Gasteiger partial charge in [0.25, 0.3) is 0 Å². The predicted octanol–water partition coefficient (Wildman–Crippen LogP) is 3.69. The van der Waals surface area contributed by atoms with E-state index in [0.29, 0.717) is 12.1 Å². The Kier molecular flexibility index (Phi) is 5.78. The van der Waals surface area contributed by atoms with Crippen molar-refractivity contribution in [2.45, 2.75) is 25.9 Å². The standard InChI is InChI=1S/C18H24N2/c1-15(17-9-5-3-6-10-17)19-13-14-20-16(2)18-11-7-4-8-12-18/h3-12,15-16,19-20H,13-14H2,1-2H3/t15-,16?/m0/s1. The molecule has 0 radical (unpaired) electrons. The molecule has 2 heteroatoms. The van der Waals surface area contributed by atoms with Crippen molar-refractivity contribution in [3.8, 4) is 0 Å². The molecule has 2 aromatic carbocycles. The highest BCUT2D eigenvalue weighted by molar-refractivity contribution is 5.19. The highest BCUT2D eigenvalue weighted by Gasteiger charge is 2.05. The maximum atomic E-state index is 3.54. The molecule has 2 rings (SSSR count). The Hall–Kier alpha value is -1.64. The molecule has 0 fully saturated rings. The smallest absolute Gasteiger partial charge is 0.0292 e. The minimum atomic E-state index is 0.394. The molecule has 0 spiro atoms. The average molecular weight is 268 g/mol. The largest absolute Gasteiger partial charge is 0.309 e. The normalized spacial score (nSPS) is 13.9. The van der Waals surface area contributed by atoms with Gasteiger partial charge in [-0.15, -0.1) is 0 Å². The number of hydrogen-bond acceptors (Lipinski definition) is 2. The van der Waals surface area contributed by atoms with Crippen LogP contribution in [0.3, 0.4) is 0 Å². The van der Waals surface area contributed by atoms with Crippen molar-refractivity contribution in [2.75, 3.05) is 13.1 Å². The van der Waals surface area contributed by atoms with Gasteiger partial charge in [-0.2, -0.15) is 0 Å². The van der Waals surface area contributed by atoms with Gasteiger partial charge in [-0.3, -0.25) is 0 Å². The Labute approximate surface area is 122 Å². The van der Waals surface area contributed by atoms with Crippen molar-refractivity contribution in [3.63, 3.8) is 0 Å². The highest BCUT2D eigenvalue weighted by atomic mass is 15.0. The topological polar surface area (TPSA) is 24.1 Å². The van der Waals surface area contributed by atoms with E-state index in [1.807, 2.05) is 0 Å². The summed E-state index contributed by atoms with van der Waals surface area (Å²) in [7, 11) is 0. The molecule has 106 valence electrons. The van der Waals surface area contributed by atoms with Crippen LogP contribution in [0.5, 0.6) is 0 Å². The second-order valence-corrected chi connectivity index (χ2v) is 5.17. The Morgan fingerprint density at radius 3 is 1.35 bits per heavy atom. The average Bonchev–Trinajstić information content (AvgIpc) is 2.53. The van der Waals surface area contributed by atoms with Crippen molar-refractivity contribution in [2.24, 2.45) is 0 Å². The molecular weight excluding hydrogens is 244 g/mol. The van der Waals surface area contributed by atoms with Gasteiger partial charge in [0.2, 0.25) is 0 Å². The molecule has 0 saturated carbocycles. The molecule has 0 aliphatic rings. The van der Waals surface area contributed by atoms with Crippen LogP contribution in [0, 0.1) is 0 Å². The minimum absolute atomic E-state index is 0.394. The van der Waals surface area contributed by atoms with Crippen molar-refractivity contribution in [1.82, 2.24) is 10.6 Å². The fraction of sp³-hybridized carbons (Fsp3) is 0.333. The predicted molar refractivity (Wildman–Crippen MR) is 85.7 cm³/mol. The van der Waals surface area contributed by atoms with Crippen LogP contribution in [-0.4, -0.2) is 13.1 Å². The van der Waals surface area contributed by atoms with Gasteiger partial charge in [0.15, 0.2) is 0 Å². The quantitative estimate of drug-likeness (QED) is 0.748. The summed E-state index contributed by atoms with van der Waals surface area (Å²) in [6, 6.07) is 21.9. The van der Waals surface area contributed by atoms with Crippen LogP contribution >= 0.6 is 0 Å². The van der Waals surface area contributed by atoms with Gasteiger partial charge < -0.3 is 10.6 Å². The van der Waals surface area contributed by atoms with Gasteiger partial charge in [-0.1, -0.05) is 60.7 Å². The van der Waals surface area contributed by atoms with Gasteiger partial charge >= 0.3 is 0 Å². The molecule has 2 nitrogen and oxygen atoms in total. The Balaban J connectivity index is 1.69. The van der Waals surface area contributed by atoms with E-state index in [-0.39, 0.29) is 0 Å². The third-order valence-electron chi connectivity index (χ3n) is 3.63. The summed E-state index contributed by atoms with van der Waals surface area (Å²) < 4.78 is 0. The Morgan fingerprint density at radius 2 is 1.00 bits per heavy atom. The van der Waals surface area contributed by atoms with Gasteiger partial charge in [0, 0.05) is 25.2 Å². The highest BCUT2D eigenvalue weighted by Crippen LogP contribution is 2.11. The summed E-state index contributed by atoms with van der Waals surface area (Å²) in [5.41, 5.74) is 2.67. The molecule has 0 bridgehead atoms. The first-order valence-corrected chi connectivity index (χ1v) is 7.34. The number of benzene rings is 2. The molecule has 1 unspecified atom stereocenters. The number of rotatable bonds is 7. The van der Waals surface area contributed by atoms with E-state index < -0.39 is 0 Å². The monoisotopic (exact) mass is 268 g/mol. The van der Waals surface area contributed by atoms with E-state index >= 15 is 0 Å². The zero-order valence-electron chi connectivity index (χ0n) is 12.3. The van der Waals surface area contributed by atoms with E-state index in [0.717, 1.165) is 13.1 Å². The second kappa shape index (κ2) is 7.83. The fourth-order valence-corrected chi connectivity index (χ4v) is 2.30. The van der Waals surface area contributed by atoms with Crippen molar-refractivity contribution < 1.29 is 0 Å². The van der Waals surface area contributed by atoms with E-state index in [1.165, 1.54) is 11.1 Å². The lowest BCUT2D eigenvalue weighted by molar-refractivity contribution is 0.512. The first-order valence-electron chi connectivity index (χ1n) is 7.34. The molecule has 0 aliphatic heterocycles. The zero-order chi connectivity index (χ0) is 14.2. The lowest BCUT2D eigenvalue weighted by atomic mass is 10.1. The van der Waals surface area contributed by atoms with Crippen LogP contribution in [0.2, 0.25) is 0 Å². The Morgan fingerprint density at radius 1 is 0.650 bits per heavy atom. The van der Waals surface area contributed by atoms with Crippen LogP contribution in [-0.2, 0) is 0 Å². The third kappa shape index (κ3) is 4.48. The lowest BCUT2D eigenvalue weighted by Crippen LogP contribution is -2.30. The Bertz CT molecular complexity index is 434. The van der Waals surface area contributed by atoms with Crippen LogP contribution in [0.25, 0.3) is 0 Å². The molecule has 0 heterocycles. The molecule has 0 saturated heterocycles. The summed E-state index contributed by atoms with van der Waals surface area (Å²) >= 11 is 0. The fourth-order valence-electron chi connectivity index (χ4n) is 2.30. The van der Waals surface area contributed by atoms with Crippen LogP contribution < -0.4 is 10.6 Å². The first-order chi connectivity index (χ1) is 9.77. The van der Waals surface area contributed by atoms with Crippen molar-refractivity contribution in [1.29, 1.82) is 0 Å². The SMILES string of the molecule is CC(NCCN[C@@H](C)c1ccccc1)c1ccccc1. The molecule has 0 amide bonds. The molecule has 0 aliphatic carbocycles. The summed E-state index contributed by atoms with van der Waals surface area (Å²) in [6.45, 7) is 6.34. The molecule has 0 aromatic heterocycles. The van der Waals surface area contributed by atoms with Gasteiger partial charge in [0.05, 0.1) is 0 Å².